The van der Waals surface area contributed by atoms with Crippen LogP contribution < -0.4 is 10.1 Å². The van der Waals surface area contributed by atoms with Crippen LogP contribution in [0.1, 0.15) is 6.42 Å². The third-order valence-electron chi connectivity index (χ3n) is 2.59. The highest BCUT2D eigenvalue weighted by Crippen LogP contribution is 2.24. The molecule has 7 heteroatoms. The van der Waals surface area contributed by atoms with Gasteiger partial charge in [0.05, 0.1) is 11.5 Å². The Morgan fingerprint density at radius 1 is 1.81 bits per heavy atom. The maximum atomic E-state index is 10.7. The van der Waals surface area contributed by atoms with Gasteiger partial charge in [0, 0.05) is 19.5 Å². The molecule has 0 aromatic carbocycles. The van der Waals surface area contributed by atoms with Crippen LogP contribution in [-0.4, -0.2) is 34.4 Å². The maximum Gasteiger partial charge on any atom is 0.350 e. The van der Waals surface area contributed by atoms with Crippen LogP contribution in [0.5, 0.6) is 5.88 Å². The van der Waals surface area contributed by atoms with Crippen LogP contribution in [0.25, 0.3) is 0 Å². The molecule has 1 aromatic rings. The van der Waals surface area contributed by atoms with Gasteiger partial charge in [-0.15, -0.1) is 5.10 Å². The van der Waals surface area contributed by atoms with E-state index in [0.29, 0.717) is 12.5 Å². The Kier molecular flexibility index (Phi) is 3.04. The fourth-order valence-corrected chi connectivity index (χ4v) is 1.74. The summed E-state index contributed by atoms with van der Waals surface area (Å²) in [5, 5.41) is 17.8. The molecule has 0 saturated carbocycles. The summed E-state index contributed by atoms with van der Waals surface area (Å²) >= 11 is 0. The lowest BCUT2D eigenvalue weighted by atomic mass is 10.1. The first kappa shape index (κ1) is 10.9. The summed E-state index contributed by atoms with van der Waals surface area (Å²) in [4.78, 5) is 10.2. The zero-order valence-electron chi connectivity index (χ0n) is 9.05. The van der Waals surface area contributed by atoms with E-state index in [9.17, 15) is 10.1 Å². The molecule has 1 saturated heterocycles. The molecule has 1 aliphatic heterocycles. The molecule has 0 bridgehead atoms. The molecule has 1 unspecified atom stereocenters. The zero-order valence-corrected chi connectivity index (χ0v) is 9.05. The smallest absolute Gasteiger partial charge is 0.350 e. The summed E-state index contributed by atoms with van der Waals surface area (Å²) in [5.74, 6) is 0.529. The number of hydrogen-bond donors (Lipinski definition) is 1. The van der Waals surface area contributed by atoms with E-state index in [0.717, 1.165) is 19.5 Å². The molecule has 0 spiro atoms. The minimum Gasteiger partial charge on any atom is -0.471 e. The lowest BCUT2D eigenvalue weighted by Gasteiger charge is -2.07. The van der Waals surface area contributed by atoms with Crippen molar-refractivity contribution in [3.8, 4) is 5.88 Å². The first-order valence-corrected chi connectivity index (χ1v) is 5.18. The number of nitrogens with one attached hydrogen (secondary N) is 1. The predicted molar refractivity (Wildman–Crippen MR) is 56.3 cm³/mol. The lowest BCUT2D eigenvalue weighted by molar-refractivity contribution is -0.386. The fraction of sp³-hybridized carbons (Fsp3) is 0.667. The van der Waals surface area contributed by atoms with Crippen molar-refractivity contribution < 1.29 is 9.66 Å². The summed E-state index contributed by atoms with van der Waals surface area (Å²) in [6.45, 7) is 2.36. The average molecular weight is 226 g/mol. The molecular weight excluding hydrogens is 212 g/mol. The zero-order chi connectivity index (χ0) is 11.5. The van der Waals surface area contributed by atoms with E-state index in [-0.39, 0.29) is 11.6 Å². The van der Waals surface area contributed by atoms with Crippen molar-refractivity contribution in [1.29, 1.82) is 0 Å². The Balaban J connectivity index is 1.99. The monoisotopic (exact) mass is 226 g/mol. The molecule has 1 atom stereocenters. The number of ether oxygens (including phenoxy) is 1. The third-order valence-corrected chi connectivity index (χ3v) is 2.59. The molecule has 2 rings (SSSR count). The third kappa shape index (κ3) is 2.30. The van der Waals surface area contributed by atoms with Crippen LogP contribution in [0.15, 0.2) is 6.20 Å². The van der Waals surface area contributed by atoms with Crippen LogP contribution in [0.4, 0.5) is 5.69 Å². The van der Waals surface area contributed by atoms with Gasteiger partial charge in [-0.1, -0.05) is 0 Å². The van der Waals surface area contributed by atoms with Crippen LogP contribution >= 0.6 is 0 Å². The number of rotatable bonds is 4. The molecule has 0 radical (unpaired) electrons. The predicted octanol–water partition coefficient (Wildman–Crippen LogP) is 0.317. The SMILES string of the molecule is Cn1cc([N+](=O)[O-])c(OCC2CCNC2)n1. The summed E-state index contributed by atoms with van der Waals surface area (Å²) in [5.41, 5.74) is -0.0755. The van der Waals surface area contributed by atoms with Gasteiger partial charge in [0.2, 0.25) is 0 Å². The number of nitrogens with zero attached hydrogens (tertiary/aromatic N) is 3. The Labute approximate surface area is 92.5 Å². The molecule has 2 heterocycles. The second-order valence-corrected chi connectivity index (χ2v) is 3.92. The topological polar surface area (TPSA) is 82.2 Å². The van der Waals surface area contributed by atoms with Gasteiger partial charge in [-0.3, -0.25) is 14.8 Å². The highest BCUT2D eigenvalue weighted by molar-refractivity contribution is 5.38. The molecule has 1 aromatic heterocycles. The fourth-order valence-electron chi connectivity index (χ4n) is 1.74. The van der Waals surface area contributed by atoms with E-state index in [2.05, 4.69) is 10.4 Å². The molecule has 0 amide bonds. The average Bonchev–Trinajstić information content (AvgIpc) is 2.83. The quantitative estimate of drug-likeness (QED) is 0.590. The van der Waals surface area contributed by atoms with Crippen molar-refractivity contribution in [2.24, 2.45) is 13.0 Å². The summed E-state index contributed by atoms with van der Waals surface area (Å²) in [6, 6.07) is 0. The van der Waals surface area contributed by atoms with E-state index in [1.807, 2.05) is 0 Å². The van der Waals surface area contributed by atoms with E-state index in [1.165, 1.54) is 10.9 Å². The highest BCUT2D eigenvalue weighted by atomic mass is 16.6. The Morgan fingerprint density at radius 3 is 3.25 bits per heavy atom. The Hall–Kier alpha value is -1.63. The van der Waals surface area contributed by atoms with Gasteiger partial charge in [-0.05, 0) is 13.0 Å². The van der Waals surface area contributed by atoms with Crippen molar-refractivity contribution in [2.45, 2.75) is 6.42 Å². The number of nitro groups is 1. The Morgan fingerprint density at radius 2 is 2.62 bits per heavy atom. The van der Waals surface area contributed by atoms with Gasteiger partial charge >= 0.3 is 11.6 Å². The van der Waals surface area contributed by atoms with Crippen molar-refractivity contribution in [3.05, 3.63) is 16.3 Å². The molecular formula is C9H14N4O3. The minimum atomic E-state index is -0.477. The number of aryl methyl sites for hydroxylation is 1. The first-order valence-electron chi connectivity index (χ1n) is 5.18. The Bertz CT molecular complexity index is 384. The van der Waals surface area contributed by atoms with Crippen molar-refractivity contribution >= 4 is 5.69 Å². The van der Waals surface area contributed by atoms with Crippen LogP contribution in [0.2, 0.25) is 0 Å². The summed E-state index contributed by atoms with van der Waals surface area (Å²) in [7, 11) is 1.64. The van der Waals surface area contributed by atoms with Gasteiger partial charge < -0.3 is 10.1 Å². The second kappa shape index (κ2) is 4.48. The molecule has 1 N–H and O–H groups in total. The van der Waals surface area contributed by atoms with Crippen LogP contribution in [-0.2, 0) is 7.05 Å². The van der Waals surface area contributed by atoms with E-state index >= 15 is 0 Å². The lowest BCUT2D eigenvalue weighted by Crippen LogP contribution is -2.16. The number of hydrogen-bond acceptors (Lipinski definition) is 5. The van der Waals surface area contributed by atoms with Crippen LogP contribution in [0.3, 0.4) is 0 Å². The molecule has 16 heavy (non-hydrogen) atoms. The van der Waals surface area contributed by atoms with Gasteiger partial charge in [-0.25, -0.2) is 0 Å². The second-order valence-electron chi connectivity index (χ2n) is 3.92. The molecule has 1 aliphatic rings. The van der Waals surface area contributed by atoms with Crippen molar-refractivity contribution in [3.63, 3.8) is 0 Å². The molecule has 7 nitrogen and oxygen atoms in total. The molecule has 0 aliphatic carbocycles. The van der Waals surface area contributed by atoms with E-state index in [4.69, 9.17) is 4.74 Å². The van der Waals surface area contributed by atoms with E-state index in [1.54, 1.807) is 7.05 Å². The van der Waals surface area contributed by atoms with Gasteiger partial charge in [0.15, 0.2) is 0 Å². The number of aromatic nitrogens is 2. The van der Waals surface area contributed by atoms with Gasteiger partial charge in [-0.2, -0.15) is 0 Å². The normalized spacial score (nSPS) is 19.9. The van der Waals surface area contributed by atoms with Gasteiger partial charge in [0.1, 0.15) is 6.20 Å². The van der Waals surface area contributed by atoms with Crippen molar-refractivity contribution in [1.82, 2.24) is 15.1 Å². The standard InChI is InChI=1S/C9H14N4O3/c1-12-5-8(13(14)15)9(11-12)16-6-7-2-3-10-4-7/h5,7,10H,2-4,6H2,1H3. The van der Waals surface area contributed by atoms with Crippen LogP contribution in [0, 0.1) is 16.0 Å². The minimum absolute atomic E-state index is 0.0755. The van der Waals surface area contributed by atoms with Crippen molar-refractivity contribution in [2.75, 3.05) is 19.7 Å². The highest BCUT2D eigenvalue weighted by Gasteiger charge is 2.22. The molecule has 88 valence electrons. The first-order chi connectivity index (χ1) is 7.66. The summed E-state index contributed by atoms with van der Waals surface area (Å²) in [6.07, 6.45) is 2.39. The largest absolute Gasteiger partial charge is 0.471 e. The van der Waals surface area contributed by atoms with E-state index < -0.39 is 4.92 Å². The molecule has 1 fully saturated rings. The van der Waals surface area contributed by atoms with Gasteiger partial charge in [0.25, 0.3) is 0 Å². The maximum absolute atomic E-state index is 10.7. The summed E-state index contributed by atoms with van der Waals surface area (Å²) < 4.78 is 6.78.